The second kappa shape index (κ2) is 9.13. The van der Waals surface area contributed by atoms with Crippen LogP contribution in [-0.2, 0) is 12.6 Å². The summed E-state index contributed by atoms with van der Waals surface area (Å²) < 4.78 is 38.6. The first kappa shape index (κ1) is 21.4. The van der Waals surface area contributed by atoms with Gasteiger partial charge in [-0.1, -0.05) is 49.4 Å². The Morgan fingerprint density at radius 3 is 2.17 bits per heavy atom. The molecule has 2 aromatic carbocycles. The second-order valence-electron chi connectivity index (χ2n) is 9.48. The Morgan fingerprint density at radius 2 is 1.53 bits per heavy atom. The zero-order chi connectivity index (χ0) is 21.1. The molecule has 0 heterocycles. The lowest BCUT2D eigenvalue weighted by Gasteiger charge is -2.32. The summed E-state index contributed by atoms with van der Waals surface area (Å²) in [6.07, 6.45) is 3.87. The molecule has 0 aromatic heterocycles. The normalized spacial score (nSPS) is 29.8. The van der Waals surface area contributed by atoms with Crippen molar-refractivity contribution < 1.29 is 13.2 Å². The van der Waals surface area contributed by atoms with Gasteiger partial charge in [0.15, 0.2) is 0 Å². The first-order valence-corrected chi connectivity index (χ1v) is 11.4. The highest BCUT2D eigenvalue weighted by molar-refractivity contribution is 5.27. The lowest BCUT2D eigenvalue weighted by Crippen LogP contribution is -2.41. The van der Waals surface area contributed by atoms with Crippen LogP contribution in [0.15, 0.2) is 54.6 Å². The van der Waals surface area contributed by atoms with Gasteiger partial charge in [0.1, 0.15) is 0 Å². The van der Waals surface area contributed by atoms with Crippen molar-refractivity contribution in [1.82, 2.24) is 5.32 Å². The standard InChI is InChI=1S/C26H32F3N/c1-18-7-13-23(14-8-18)30-25-17-20(16-24(25)21-5-3-2-4-6-21)15-19-9-11-22(12-10-19)26(27,28)29/h2-6,9-12,18,20,23-25,30H,7-8,13-17H2,1H3. The van der Waals surface area contributed by atoms with Crippen molar-refractivity contribution in [2.24, 2.45) is 11.8 Å². The molecule has 2 fully saturated rings. The molecule has 2 saturated carbocycles. The molecule has 1 nitrogen and oxygen atoms in total. The van der Waals surface area contributed by atoms with E-state index in [0.717, 1.165) is 30.7 Å². The van der Waals surface area contributed by atoms with E-state index in [2.05, 4.69) is 42.6 Å². The van der Waals surface area contributed by atoms with E-state index in [1.165, 1.54) is 43.4 Å². The van der Waals surface area contributed by atoms with Crippen LogP contribution in [0.25, 0.3) is 0 Å². The largest absolute Gasteiger partial charge is 0.416 e. The fourth-order valence-corrected chi connectivity index (χ4v) is 5.46. The van der Waals surface area contributed by atoms with E-state index in [0.29, 0.717) is 23.9 Å². The number of hydrogen-bond donors (Lipinski definition) is 1. The predicted molar refractivity (Wildman–Crippen MR) is 115 cm³/mol. The highest BCUT2D eigenvalue weighted by atomic mass is 19.4. The van der Waals surface area contributed by atoms with Crippen molar-refractivity contribution in [3.05, 3.63) is 71.3 Å². The Labute approximate surface area is 178 Å². The lowest BCUT2D eigenvalue weighted by atomic mass is 9.86. The highest BCUT2D eigenvalue weighted by Gasteiger charge is 2.37. The van der Waals surface area contributed by atoms with Crippen LogP contribution >= 0.6 is 0 Å². The van der Waals surface area contributed by atoms with Crippen LogP contribution in [0.3, 0.4) is 0 Å². The van der Waals surface area contributed by atoms with Gasteiger partial charge in [-0.3, -0.25) is 0 Å². The van der Waals surface area contributed by atoms with Crippen molar-refractivity contribution in [1.29, 1.82) is 0 Å². The van der Waals surface area contributed by atoms with Gasteiger partial charge in [0.2, 0.25) is 0 Å². The van der Waals surface area contributed by atoms with Gasteiger partial charge in [-0.25, -0.2) is 0 Å². The molecule has 0 amide bonds. The fraction of sp³-hybridized carbons (Fsp3) is 0.538. The monoisotopic (exact) mass is 415 g/mol. The third kappa shape index (κ3) is 5.26. The number of nitrogens with one attached hydrogen (secondary N) is 1. The van der Waals surface area contributed by atoms with Crippen LogP contribution in [-0.4, -0.2) is 12.1 Å². The first-order valence-electron chi connectivity index (χ1n) is 11.4. The highest BCUT2D eigenvalue weighted by Crippen LogP contribution is 2.41. The van der Waals surface area contributed by atoms with E-state index in [1.54, 1.807) is 12.1 Å². The molecular weight excluding hydrogens is 383 g/mol. The van der Waals surface area contributed by atoms with Crippen molar-refractivity contribution in [2.75, 3.05) is 0 Å². The first-order chi connectivity index (χ1) is 14.4. The predicted octanol–water partition coefficient (Wildman–Crippen LogP) is 6.98. The van der Waals surface area contributed by atoms with Crippen LogP contribution in [0.4, 0.5) is 13.2 Å². The van der Waals surface area contributed by atoms with E-state index >= 15 is 0 Å². The summed E-state index contributed by atoms with van der Waals surface area (Å²) in [5.74, 6) is 1.81. The summed E-state index contributed by atoms with van der Waals surface area (Å²) in [5, 5.41) is 3.98. The third-order valence-corrected chi connectivity index (χ3v) is 7.16. The minimum Gasteiger partial charge on any atom is -0.311 e. The van der Waals surface area contributed by atoms with Gasteiger partial charge in [0, 0.05) is 12.1 Å². The molecule has 3 unspecified atom stereocenters. The SMILES string of the molecule is CC1CCC(NC2CC(Cc3ccc(C(F)(F)F)cc3)CC2c2ccccc2)CC1. The topological polar surface area (TPSA) is 12.0 Å². The molecule has 4 heteroatoms. The minimum atomic E-state index is -4.27. The van der Waals surface area contributed by atoms with E-state index < -0.39 is 11.7 Å². The van der Waals surface area contributed by atoms with Crippen LogP contribution < -0.4 is 5.32 Å². The van der Waals surface area contributed by atoms with Crippen LogP contribution in [0.2, 0.25) is 0 Å². The molecule has 1 N–H and O–H groups in total. The van der Waals surface area contributed by atoms with Gasteiger partial charge in [0.25, 0.3) is 0 Å². The van der Waals surface area contributed by atoms with Crippen LogP contribution in [0.1, 0.15) is 68.1 Å². The molecule has 3 atom stereocenters. The molecule has 2 aromatic rings. The van der Waals surface area contributed by atoms with E-state index in [-0.39, 0.29) is 0 Å². The molecular formula is C26H32F3N. The maximum Gasteiger partial charge on any atom is 0.416 e. The summed E-state index contributed by atoms with van der Waals surface area (Å²) in [4.78, 5) is 0. The van der Waals surface area contributed by atoms with Gasteiger partial charge >= 0.3 is 6.18 Å². The Kier molecular flexibility index (Phi) is 6.52. The van der Waals surface area contributed by atoms with Gasteiger partial charge < -0.3 is 5.32 Å². The molecule has 2 aliphatic rings. The summed E-state index contributed by atoms with van der Waals surface area (Å²) >= 11 is 0. The summed E-state index contributed by atoms with van der Waals surface area (Å²) in [5.41, 5.74) is 1.83. The maximum absolute atomic E-state index is 12.9. The molecule has 0 bridgehead atoms. The van der Waals surface area contributed by atoms with Crippen molar-refractivity contribution in [2.45, 2.75) is 76.0 Å². The molecule has 2 aliphatic carbocycles. The van der Waals surface area contributed by atoms with E-state index in [1.807, 2.05) is 0 Å². The molecule has 30 heavy (non-hydrogen) atoms. The van der Waals surface area contributed by atoms with Crippen molar-refractivity contribution in [3.8, 4) is 0 Å². The summed E-state index contributed by atoms with van der Waals surface area (Å²) in [7, 11) is 0. The van der Waals surface area contributed by atoms with E-state index in [9.17, 15) is 13.2 Å². The third-order valence-electron chi connectivity index (χ3n) is 7.16. The van der Waals surface area contributed by atoms with Crippen LogP contribution in [0, 0.1) is 11.8 Å². The summed E-state index contributed by atoms with van der Waals surface area (Å²) in [6.45, 7) is 2.35. The number of halogens is 3. The average molecular weight is 416 g/mol. The van der Waals surface area contributed by atoms with Crippen molar-refractivity contribution >= 4 is 0 Å². The van der Waals surface area contributed by atoms with Gasteiger partial charge in [-0.2, -0.15) is 13.2 Å². The molecule has 4 rings (SSSR count). The Balaban J connectivity index is 1.44. The Bertz CT molecular complexity index is 791. The minimum absolute atomic E-state index is 0.449. The zero-order valence-corrected chi connectivity index (χ0v) is 17.7. The van der Waals surface area contributed by atoms with Crippen LogP contribution in [0.5, 0.6) is 0 Å². The van der Waals surface area contributed by atoms with Gasteiger partial charge in [-0.15, -0.1) is 0 Å². The average Bonchev–Trinajstić information content (AvgIpc) is 3.12. The molecule has 0 saturated heterocycles. The number of rotatable bonds is 5. The second-order valence-corrected chi connectivity index (χ2v) is 9.48. The van der Waals surface area contributed by atoms with Crippen molar-refractivity contribution in [3.63, 3.8) is 0 Å². The molecule has 0 spiro atoms. The quantitative estimate of drug-likeness (QED) is 0.555. The molecule has 0 aliphatic heterocycles. The zero-order valence-electron chi connectivity index (χ0n) is 17.7. The fourth-order valence-electron chi connectivity index (χ4n) is 5.46. The Hall–Kier alpha value is -1.81. The number of benzene rings is 2. The number of hydrogen-bond acceptors (Lipinski definition) is 1. The Morgan fingerprint density at radius 1 is 0.867 bits per heavy atom. The smallest absolute Gasteiger partial charge is 0.311 e. The maximum atomic E-state index is 12.9. The number of alkyl halides is 3. The molecule has 0 radical (unpaired) electrons. The lowest BCUT2D eigenvalue weighted by molar-refractivity contribution is -0.137. The van der Waals surface area contributed by atoms with Gasteiger partial charge in [-0.05, 0) is 86.0 Å². The van der Waals surface area contributed by atoms with Gasteiger partial charge in [0.05, 0.1) is 5.56 Å². The molecule has 162 valence electrons. The van der Waals surface area contributed by atoms with E-state index in [4.69, 9.17) is 0 Å². The summed E-state index contributed by atoms with van der Waals surface area (Å²) in [6, 6.07) is 17.5.